The molecule has 0 unspecified atom stereocenters. The minimum Gasteiger partial charge on any atom is -0.381 e. The Balaban J connectivity index is 1.58. The number of nitrogens with zero attached hydrogens (tertiary/aromatic N) is 3. The Hall–Kier alpha value is -1.91. The van der Waals surface area contributed by atoms with Crippen LogP contribution in [0.2, 0.25) is 5.15 Å². The molecule has 0 amide bonds. The molecule has 1 aromatic carbocycles. The van der Waals surface area contributed by atoms with Gasteiger partial charge in [-0.3, -0.25) is 4.68 Å². The summed E-state index contributed by atoms with van der Waals surface area (Å²) >= 11 is 5.99. The van der Waals surface area contributed by atoms with Gasteiger partial charge in [0.2, 0.25) is 0 Å². The molecule has 0 bridgehead atoms. The number of halogens is 1. The molecule has 0 aliphatic carbocycles. The molecule has 0 N–H and O–H groups in total. The molecule has 4 rings (SSSR count). The fraction of sp³-hybridized carbons (Fsp3) is 0.333. The first-order chi connectivity index (χ1) is 11.3. The summed E-state index contributed by atoms with van der Waals surface area (Å²) in [6.07, 6.45) is 8.10. The van der Waals surface area contributed by atoms with Gasteiger partial charge >= 0.3 is 0 Å². The van der Waals surface area contributed by atoms with E-state index in [-0.39, 0.29) is 0 Å². The van der Waals surface area contributed by atoms with E-state index in [1.807, 2.05) is 12.3 Å². The summed E-state index contributed by atoms with van der Waals surface area (Å²) in [6, 6.07) is 8.21. The molecular formula is C18H18ClN3O. The highest BCUT2D eigenvalue weighted by atomic mass is 35.5. The van der Waals surface area contributed by atoms with Gasteiger partial charge in [0.25, 0.3) is 0 Å². The lowest BCUT2D eigenvalue weighted by Crippen LogP contribution is -2.20. The first-order valence-electron chi connectivity index (χ1n) is 7.94. The molecule has 3 aromatic rings. The van der Waals surface area contributed by atoms with Gasteiger partial charge in [0.05, 0.1) is 6.20 Å². The zero-order chi connectivity index (χ0) is 15.6. The predicted octanol–water partition coefficient (Wildman–Crippen LogP) is 4.18. The second-order valence-corrected chi connectivity index (χ2v) is 6.46. The number of hydrogen-bond donors (Lipinski definition) is 0. The van der Waals surface area contributed by atoms with Gasteiger partial charge < -0.3 is 4.74 Å². The first kappa shape index (κ1) is 14.7. The van der Waals surface area contributed by atoms with Gasteiger partial charge in [0, 0.05) is 43.1 Å². The number of pyridine rings is 1. The third kappa shape index (κ3) is 3.23. The van der Waals surface area contributed by atoms with Gasteiger partial charge in [-0.2, -0.15) is 5.10 Å². The van der Waals surface area contributed by atoms with Crippen LogP contribution in [-0.2, 0) is 11.3 Å². The minimum absolute atomic E-state index is 0.518. The average molecular weight is 328 g/mol. The van der Waals surface area contributed by atoms with Crippen molar-refractivity contribution in [3.05, 3.63) is 48.0 Å². The Bertz CT molecular complexity index is 824. The molecule has 1 saturated heterocycles. The van der Waals surface area contributed by atoms with Crippen molar-refractivity contribution in [2.24, 2.45) is 5.92 Å². The van der Waals surface area contributed by atoms with Gasteiger partial charge in [0.15, 0.2) is 0 Å². The summed E-state index contributed by atoms with van der Waals surface area (Å²) in [6.45, 7) is 2.71. The van der Waals surface area contributed by atoms with Crippen molar-refractivity contribution in [1.82, 2.24) is 14.8 Å². The van der Waals surface area contributed by atoms with Crippen LogP contribution in [0.25, 0.3) is 21.9 Å². The monoisotopic (exact) mass is 327 g/mol. The van der Waals surface area contributed by atoms with Crippen molar-refractivity contribution in [2.45, 2.75) is 19.4 Å². The van der Waals surface area contributed by atoms with Crippen LogP contribution in [0.3, 0.4) is 0 Å². The van der Waals surface area contributed by atoms with Gasteiger partial charge in [-0.05, 0) is 41.8 Å². The van der Waals surface area contributed by atoms with E-state index >= 15 is 0 Å². The van der Waals surface area contributed by atoms with Crippen LogP contribution >= 0.6 is 11.6 Å². The van der Waals surface area contributed by atoms with Crippen molar-refractivity contribution in [3.8, 4) is 11.1 Å². The summed E-state index contributed by atoms with van der Waals surface area (Å²) in [4.78, 5) is 4.12. The Kier molecular flexibility index (Phi) is 4.02. The van der Waals surface area contributed by atoms with Crippen LogP contribution in [0.1, 0.15) is 12.8 Å². The molecule has 3 heterocycles. The van der Waals surface area contributed by atoms with Gasteiger partial charge in [-0.1, -0.05) is 23.7 Å². The van der Waals surface area contributed by atoms with Crippen molar-refractivity contribution >= 4 is 22.4 Å². The molecule has 1 fully saturated rings. The second-order valence-electron chi connectivity index (χ2n) is 6.08. The third-order valence-corrected chi connectivity index (χ3v) is 4.65. The molecule has 0 radical (unpaired) electrons. The van der Waals surface area contributed by atoms with E-state index in [2.05, 4.69) is 39.2 Å². The number of fused-ring (bicyclic) bond motifs is 1. The summed E-state index contributed by atoms with van der Waals surface area (Å²) in [7, 11) is 0. The third-order valence-electron chi connectivity index (χ3n) is 4.44. The number of aromatic nitrogens is 3. The Morgan fingerprint density at radius 2 is 1.96 bits per heavy atom. The molecule has 5 heteroatoms. The molecule has 2 aromatic heterocycles. The topological polar surface area (TPSA) is 39.9 Å². The Labute approximate surface area is 140 Å². The number of rotatable bonds is 3. The lowest BCUT2D eigenvalue weighted by molar-refractivity contribution is 0.0601. The maximum Gasteiger partial charge on any atom is 0.129 e. The van der Waals surface area contributed by atoms with Crippen LogP contribution in [0.5, 0.6) is 0 Å². The fourth-order valence-corrected chi connectivity index (χ4v) is 3.27. The maximum absolute atomic E-state index is 5.99. The van der Waals surface area contributed by atoms with Crippen LogP contribution in [-0.4, -0.2) is 28.0 Å². The van der Waals surface area contributed by atoms with Gasteiger partial charge in [0.1, 0.15) is 5.15 Å². The molecule has 0 spiro atoms. The van der Waals surface area contributed by atoms with E-state index < -0.39 is 0 Å². The average Bonchev–Trinajstić information content (AvgIpc) is 3.03. The quantitative estimate of drug-likeness (QED) is 0.677. The largest absolute Gasteiger partial charge is 0.381 e. The summed E-state index contributed by atoms with van der Waals surface area (Å²) in [5.74, 6) is 0.665. The maximum atomic E-state index is 5.99. The Morgan fingerprint density at radius 3 is 2.83 bits per heavy atom. The SMILES string of the molecule is Clc1cc2cc(-c3cnn(CC4CCOCC4)c3)ccc2cn1. The lowest BCUT2D eigenvalue weighted by Gasteiger charge is -2.21. The number of hydrogen-bond acceptors (Lipinski definition) is 3. The highest BCUT2D eigenvalue weighted by molar-refractivity contribution is 6.30. The standard InChI is InChI=1S/C18H18ClN3O/c19-18-8-16-7-14(1-2-15(16)9-20-18)17-10-21-22(12-17)11-13-3-5-23-6-4-13/h1-2,7-10,12-13H,3-6,11H2. The molecule has 0 saturated carbocycles. The second kappa shape index (κ2) is 6.30. The zero-order valence-electron chi connectivity index (χ0n) is 12.8. The Morgan fingerprint density at radius 1 is 1.09 bits per heavy atom. The van der Waals surface area contributed by atoms with Crippen LogP contribution < -0.4 is 0 Å². The van der Waals surface area contributed by atoms with E-state index in [1.54, 1.807) is 6.20 Å². The molecule has 1 aliphatic heterocycles. The highest BCUT2D eigenvalue weighted by Gasteiger charge is 2.15. The summed E-state index contributed by atoms with van der Waals surface area (Å²) in [5, 5.41) is 7.23. The molecule has 118 valence electrons. The predicted molar refractivity (Wildman–Crippen MR) is 91.5 cm³/mol. The van der Waals surface area contributed by atoms with Crippen molar-refractivity contribution < 1.29 is 4.74 Å². The van der Waals surface area contributed by atoms with Crippen LogP contribution in [0.15, 0.2) is 42.9 Å². The van der Waals surface area contributed by atoms with Gasteiger partial charge in [-0.15, -0.1) is 0 Å². The molecule has 1 aliphatic rings. The number of benzene rings is 1. The van der Waals surface area contributed by atoms with E-state index in [9.17, 15) is 0 Å². The normalized spacial score (nSPS) is 16.0. The lowest BCUT2D eigenvalue weighted by atomic mass is 10.0. The molecule has 0 atom stereocenters. The van der Waals surface area contributed by atoms with Crippen molar-refractivity contribution in [3.63, 3.8) is 0 Å². The highest BCUT2D eigenvalue weighted by Crippen LogP contribution is 2.26. The smallest absolute Gasteiger partial charge is 0.129 e. The molecule has 4 nitrogen and oxygen atoms in total. The van der Waals surface area contributed by atoms with Crippen LogP contribution in [0.4, 0.5) is 0 Å². The van der Waals surface area contributed by atoms with E-state index in [4.69, 9.17) is 16.3 Å². The fourth-order valence-electron chi connectivity index (χ4n) is 3.10. The molecule has 23 heavy (non-hydrogen) atoms. The van der Waals surface area contributed by atoms with Crippen LogP contribution in [0, 0.1) is 5.92 Å². The first-order valence-corrected chi connectivity index (χ1v) is 8.31. The summed E-state index contributed by atoms with van der Waals surface area (Å²) < 4.78 is 7.47. The van der Waals surface area contributed by atoms with E-state index in [0.717, 1.165) is 54.5 Å². The van der Waals surface area contributed by atoms with E-state index in [0.29, 0.717) is 11.1 Å². The minimum atomic E-state index is 0.518. The summed E-state index contributed by atoms with van der Waals surface area (Å²) in [5.41, 5.74) is 2.28. The van der Waals surface area contributed by atoms with Gasteiger partial charge in [-0.25, -0.2) is 4.98 Å². The number of ether oxygens (including phenoxy) is 1. The van der Waals surface area contributed by atoms with Crippen molar-refractivity contribution in [2.75, 3.05) is 13.2 Å². The zero-order valence-corrected chi connectivity index (χ0v) is 13.5. The molecular weight excluding hydrogens is 310 g/mol. The van der Waals surface area contributed by atoms with E-state index in [1.165, 1.54) is 0 Å². The van der Waals surface area contributed by atoms with Crippen molar-refractivity contribution in [1.29, 1.82) is 0 Å².